The Kier molecular flexibility index (Phi) is 2.86. The summed E-state index contributed by atoms with van der Waals surface area (Å²) in [4.78, 5) is 11.4. The lowest BCUT2D eigenvalue weighted by molar-refractivity contribution is -0.157. The van der Waals surface area contributed by atoms with Gasteiger partial charge in [-0.3, -0.25) is 0 Å². The van der Waals surface area contributed by atoms with E-state index < -0.39 is 11.6 Å². The molecule has 0 aromatic heterocycles. The third-order valence-corrected chi connectivity index (χ3v) is 3.12. The molecule has 1 aromatic carbocycles. The van der Waals surface area contributed by atoms with Crippen LogP contribution in [0.5, 0.6) is 5.75 Å². The number of ether oxygens (including phenoxy) is 1. The summed E-state index contributed by atoms with van der Waals surface area (Å²) in [6.45, 7) is 1.98. The largest absolute Gasteiger partial charge is 0.478 e. The van der Waals surface area contributed by atoms with Crippen molar-refractivity contribution in [1.29, 1.82) is 0 Å². The van der Waals surface area contributed by atoms with Crippen LogP contribution in [-0.2, 0) is 11.2 Å². The number of hydrogen-bond donors (Lipinski definition) is 1. The number of para-hydroxylation sites is 1. The van der Waals surface area contributed by atoms with Gasteiger partial charge in [-0.1, -0.05) is 31.5 Å². The van der Waals surface area contributed by atoms with Gasteiger partial charge in [-0.15, -0.1) is 0 Å². The Morgan fingerprint density at radius 1 is 1.50 bits per heavy atom. The number of aryl methyl sites for hydroxylation is 1. The number of carboxylic acids is 1. The zero-order chi connectivity index (χ0) is 11.6. The van der Waals surface area contributed by atoms with Crippen molar-refractivity contribution in [3.05, 3.63) is 29.8 Å². The molecule has 1 aromatic rings. The number of benzene rings is 1. The van der Waals surface area contributed by atoms with Crippen LogP contribution in [0.15, 0.2) is 24.3 Å². The Bertz CT molecular complexity index is 400. The van der Waals surface area contributed by atoms with Crippen molar-refractivity contribution >= 4 is 5.97 Å². The van der Waals surface area contributed by atoms with Crippen LogP contribution in [-0.4, -0.2) is 16.7 Å². The molecule has 2 rings (SSSR count). The Morgan fingerprint density at radius 3 is 2.94 bits per heavy atom. The van der Waals surface area contributed by atoms with E-state index in [1.807, 2.05) is 31.2 Å². The second kappa shape index (κ2) is 4.16. The fraction of sp³-hybridized carbons (Fsp3) is 0.462. The molecule has 1 aliphatic rings. The van der Waals surface area contributed by atoms with Gasteiger partial charge in [-0.25, -0.2) is 4.79 Å². The quantitative estimate of drug-likeness (QED) is 0.851. The second-order valence-electron chi connectivity index (χ2n) is 4.26. The first kappa shape index (κ1) is 11.0. The lowest BCUT2D eigenvalue weighted by atomic mass is 9.87. The molecule has 3 nitrogen and oxygen atoms in total. The number of carboxylic acid groups (broad SMARTS) is 1. The van der Waals surface area contributed by atoms with Gasteiger partial charge in [0.15, 0.2) is 0 Å². The zero-order valence-corrected chi connectivity index (χ0v) is 9.40. The van der Waals surface area contributed by atoms with Gasteiger partial charge in [0.1, 0.15) is 5.75 Å². The predicted molar refractivity (Wildman–Crippen MR) is 60.7 cm³/mol. The maximum atomic E-state index is 11.4. The van der Waals surface area contributed by atoms with Gasteiger partial charge in [0, 0.05) is 6.42 Å². The van der Waals surface area contributed by atoms with Crippen LogP contribution in [0.1, 0.15) is 31.7 Å². The molecular weight excluding hydrogens is 204 g/mol. The molecule has 16 heavy (non-hydrogen) atoms. The molecule has 0 saturated carbocycles. The fourth-order valence-corrected chi connectivity index (χ4v) is 2.25. The van der Waals surface area contributed by atoms with Gasteiger partial charge < -0.3 is 9.84 Å². The Labute approximate surface area is 95.0 Å². The molecular formula is C13H16O3. The molecule has 86 valence electrons. The van der Waals surface area contributed by atoms with Crippen LogP contribution in [0.2, 0.25) is 0 Å². The van der Waals surface area contributed by atoms with E-state index in [2.05, 4.69) is 0 Å². The van der Waals surface area contributed by atoms with Crippen LogP contribution >= 0.6 is 0 Å². The topological polar surface area (TPSA) is 46.5 Å². The smallest absolute Gasteiger partial charge is 0.348 e. The summed E-state index contributed by atoms with van der Waals surface area (Å²) in [5, 5.41) is 9.32. The second-order valence-corrected chi connectivity index (χ2v) is 4.26. The number of rotatable bonds is 3. The van der Waals surface area contributed by atoms with Gasteiger partial charge in [-0.05, 0) is 24.5 Å². The summed E-state index contributed by atoms with van der Waals surface area (Å²) < 4.78 is 5.72. The van der Waals surface area contributed by atoms with E-state index in [1.54, 1.807) is 0 Å². The lowest BCUT2D eigenvalue weighted by Gasteiger charge is -2.35. The van der Waals surface area contributed by atoms with Crippen molar-refractivity contribution in [3.8, 4) is 5.75 Å². The highest BCUT2D eigenvalue weighted by Crippen LogP contribution is 2.35. The van der Waals surface area contributed by atoms with Gasteiger partial charge in [0.2, 0.25) is 5.60 Å². The number of fused-ring (bicyclic) bond motifs is 1. The SMILES string of the molecule is CCCC1(C(=O)O)CCc2ccccc2O1. The first-order chi connectivity index (χ1) is 7.68. The summed E-state index contributed by atoms with van der Waals surface area (Å²) in [5.41, 5.74) is 0.0961. The molecule has 0 radical (unpaired) electrons. The summed E-state index contributed by atoms with van der Waals surface area (Å²) in [6, 6.07) is 7.67. The molecule has 1 atom stereocenters. The molecule has 0 aliphatic carbocycles. The molecule has 0 amide bonds. The lowest BCUT2D eigenvalue weighted by Crippen LogP contribution is -2.47. The van der Waals surface area contributed by atoms with E-state index in [-0.39, 0.29) is 0 Å². The van der Waals surface area contributed by atoms with E-state index in [0.717, 1.165) is 24.2 Å². The molecule has 0 spiro atoms. The Balaban J connectivity index is 2.31. The number of hydrogen-bond acceptors (Lipinski definition) is 2. The fourth-order valence-electron chi connectivity index (χ4n) is 2.25. The van der Waals surface area contributed by atoms with Crippen molar-refractivity contribution in [1.82, 2.24) is 0 Å². The van der Waals surface area contributed by atoms with Gasteiger partial charge in [0.25, 0.3) is 0 Å². The van der Waals surface area contributed by atoms with Gasteiger partial charge >= 0.3 is 5.97 Å². The summed E-state index contributed by atoms with van der Waals surface area (Å²) in [7, 11) is 0. The minimum Gasteiger partial charge on any atom is -0.478 e. The van der Waals surface area contributed by atoms with Crippen molar-refractivity contribution in [2.75, 3.05) is 0 Å². The highest BCUT2D eigenvalue weighted by molar-refractivity contribution is 5.78. The number of carbonyl (C=O) groups is 1. The molecule has 1 N–H and O–H groups in total. The van der Waals surface area contributed by atoms with Crippen LogP contribution in [0.4, 0.5) is 0 Å². The van der Waals surface area contributed by atoms with Gasteiger partial charge in [-0.2, -0.15) is 0 Å². The molecule has 3 heteroatoms. The normalized spacial score (nSPS) is 23.3. The summed E-state index contributed by atoms with van der Waals surface area (Å²) in [6.07, 6.45) is 2.72. The van der Waals surface area contributed by atoms with E-state index in [0.29, 0.717) is 12.8 Å². The Morgan fingerprint density at radius 2 is 2.25 bits per heavy atom. The maximum Gasteiger partial charge on any atom is 0.348 e. The first-order valence-corrected chi connectivity index (χ1v) is 5.68. The van der Waals surface area contributed by atoms with Crippen molar-refractivity contribution < 1.29 is 14.6 Å². The summed E-state index contributed by atoms with van der Waals surface area (Å²) >= 11 is 0. The molecule has 0 saturated heterocycles. The van der Waals surface area contributed by atoms with Crippen LogP contribution in [0.3, 0.4) is 0 Å². The minimum absolute atomic E-state index is 0.563. The van der Waals surface area contributed by atoms with E-state index in [9.17, 15) is 9.90 Å². The summed E-state index contributed by atoms with van der Waals surface area (Å²) in [5.74, 6) is -0.117. The standard InChI is InChI=1S/C13H16O3/c1-2-8-13(12(14)15)9-7-10-5-3-4-6-11(10)16-13/h3-6H,2,7-9H2,1H3,(H,14,15). The van der Waals surface area contributed by atoms with E-state index in [4.69, 9.17) is 4.74 Å². The van der Waals surface area contributed by atoms with E-state index in [1.165, 1.54) is 0 Å². The van der Waals surface area contributed by atoms with Crippen molar-refractivity contribution in [3.63, 3.8) is 0 Å². The molecule has 1 aliphatic heterocycles. The monoisotopic (exact) mass is 220 g/mol. The zero-order valence-electron chi connectivity index (χ0n) is 9.40. The molecule has 0 fully saturated rings. The van der Waals surface area contributed by atoms with E-state index >= 15 is 0 Å². The molecule has 1 heterocycles. The number of aliphatic carboxylic acids is 1. The minimum atomic E-state index is -1.01. The van der Waals surface area contributed by atoms with Crippen LogP contribution < -0.4 is 4.74 Å². The first-order valence-electron chi connectivity index (χ1n) is 5.68. The third kappa shape index (κ3) is 1.77. The highest BCUT2D eigenvalue weighted by Gasteiger charge is 2.42. The van der Waals surface area contributed by atoms with Gasteiger partial charge in [0.05, 0.1) is 0 Å². The Hall–Kier alpha value is -1.51. The maximum absolute atomic E-state index is 11.4. The van der Waals surface area contributed by atoms with Crippen LogP contribution in [0, 0.1) is 0 Å². The van der Waals surface area contributed by atoms with Crippen molar-refractivity contribution in [2.45, 2.75) is 38.2 Å². The predicted octanol–water partition coefficient (Wildman–Crippen LogP) is 2.64. The van der Waals surface area contributed by atoms with Crippen LogP contribution in [0.25, 0.3) is 0 Å². The van der Waals surface area contributed by atoms with Crippen molar-refractivity contribution in [2.24, 2.45) is 0 Å². The third-order valence-electron chi connectivity index (χ3n) is 3.12. The molecule has 1 unspecified atom stereocenters. The average Bonchev–Trinajstić information content (AvgIpc) is 2.29. The molecule has 0 bridgehead atoms. The highest BCUT2D eigenvalue weighted by atomic mass is 16.5. The average molecular weight is 220 g/mol.